The van der Waals surface area contributed by atoms with Gasteiger partial charge in [0.05, 0.1) is 11.6 Å². The first-order valence-corrected chi connectivity index (χ1v) is 10.5. The van der Waals surface area contributed by atoms with Gasteiger partial charge in [0.1, 0.15) is 5.75 Å². The number of hydrogen-bond donors (Lipinski definition) is 0. The van der Waals surface area contributed by atoms with E-state index < -0.39 is 5.20 Å². The van der Waals surface area contributed by atoms with Gasteiger partial charge in [-0.2, -0.15) is 0 Å². The van der Waals surface area contributed by atoms with Crippen molar-refractivity contribution in [1.29, 1.82) is 0 Å². The van der Waals surface area contributed by atoms with Crippen molar-refractivity contribution in [1.82, 2.24) is 0 Å². The van der Waals surface area contributed by atoms with E-state index in [1.165, 1.54) is 11.1 Å². The highest BCUT2D eigenvalue weighted by atomic mass is 79.9. The average Bonchev–Trinajstić information content (AvgIpc) is 2.27. The van der Waals surface area contributed by atoms with Crippen LogP contribution >= 0.6 is 54.9 Å². The Morgan fingerprint density at radius 2 is 1.95 bits per heavy atom. The number of methoxy groups -OCH3 is 1. The molecule has 0 aromatic heterocycles. The van der Waals surface area contributed by atoms with Gasteiger partial charge in [0, 0.05) is 12.3 Å². The van der Waals surface area contributed by atoms with Gasteiger partial charge in [-0.15, -0.1) is 0 Å². The number of aliphatic imine (C=N–C) groups is 1. The standard InChI is InChI=1S/C11H12BrNO.Cl3OP/c1-7-9-6-10(12)11(14-2)5-8(9)3-4-13-7;1-5(2,3)4/h5-6H,3-4H2,1-2H3;. The van der Waals surface area contributed by atoms with Crippen molar-refractivity contribution in [2.24, 2.45) is 4.99 Å². The third-order valence-corrected chi connectivity index (χ3v) is 3.12. The Labute approximate surface area is 135 Å². The number of fused-ring (bicyclic) bond motifs is 1. The molecule has 0 unspecified atom stereocenters. The van der Waals surface area contributed by atoms with Crippen molar-refractivity contribution in [2.45, 2.75) is 13.3 Å². The van der Waals surface area contributed by atoms with Crippen molar-refractivity contribution in [3.8, 4) is 5.75 Å². The zero-order valence-electron chi connectivity index (χ0n) is 10.3. The van der Waals surface area contributed by atoms with Gasteiger partial charge in [0.15, 0.2) is 0 Å². The maximum absolute atomic E-state index is 9.51. The van der Waals surface area contributed by atoms with Crippen molar-refractivity contribution in [3.05, 3.63) is 27.7 Å². The zero-order valence-corrected chi connectivity index (χ0v) is 15.0. The van der Waals surface area contributed by atoms with Gasteiger partial charge in [0.2, 0.25) is 0 Å². The van der Waals surface area contributed by atoms with Gasteiger partial charge in [-0.1, -0.05) is 0 Å². The van der Waals surface area contributed by atoms with E-state index >= 15 is 0 Å². The number of ether oxygens (including phenoxy) is 1. The Balaban J connectivity index is 0.000000312. The summed E-state index contributed by atoms with van der Waals surface area (Å²) in [6.45, 7) is 2.94. The van der Waals surface area contributed by atoms with Gasteiger partial charge in [-0.05, 0) is 86.3 Å². The largest absolute Gasteiger partial charge is 0.496 e. The lowest BCUT2D eigenvalue weighted by molar-refractivity contribution is 0.411. The highest BCUT2D eigenvalue weighted by molar-refractivity contribution is 9.10. The first-order chi connectivity index (χ1) is 8.72. The molecule has 2 rings (SSSR count). The molecule has 0 amide bonds. The smallest absolute Gasteiger partial charge is 0.339 e. The second-order valence-electron chi connectivity index (χ2n) is 3.76. The summed E-state index contributed by atoms with van der Waals surface area (Å²) >= 11 is 17.3. The molecule has 0 N–H and O–H groups in total. The maximum Gasteiger partial charge on any atom is 0.339 e. The van der Waals surface area contributed by atoms with Crippen LogP contribution in [0.5, 0.6) is 5.75 Å². The number of benzene rings is 1. The van der Waals surface area contributed by atoms with E-state index in [4.69, 9.17) is 4.74 Å². The fourth-order valence-electron chi connectivity index (χ4n) is 1.72. The highest BCUT2D eigenvalue weighted by Crippen LogP contribution is 2.61. The second-order valence-corrected chi connectivity index (χ2v) is 11.3. The molecule has 1 aromatic rings. The minimum Gasteiger partial charge on any atom is -0.496 e. The maximum atomic E-state index is 9.51. The molecule has 0 saturated heterocycles. The molecular weight excluding hydrogens is 395 g/mol. The lowest BCUT2D eigenvalue weighted by Crippen LogP contribution is -2.10. The van der Waals surface area contributed by atoms with Crippen LogP contribution in [0.4, 0.5) is 0 Å². The Hall–Kier alpha value is 0.270. The fourth-order valence-corrected chi connectivity index (χ4v) is 2.23. The molecule has 1 aliphatic rings. The molecule has 106 valence electrons. The van der Waals surface area contributed by atoms with E-state index in [9.17, 15) is 4.57 Å². The van der Waals surface area contributed by atoms with Gasteiger partial charge < -0.3 is 4.74 Å². The van der Waals surface area contributed by atoms with Gasteiger partial charge in [0.25, 0.3) is 0 Å². The molecular formula is C11H12BrCl3NO2P. The van der Waals surface area contributed by atoms with E-state index in [1.807, 2.05) is 0 Å². The van der Waals surface area contributed by atoms with Gasteiger partial charge in [-0.3, -0.25) is 9.56 Å². The number of hydrogen-bond acceptors (Lipinski definition) is 3. The summed E-state index contributed by atoms with van der Waals surface area (Å²) in [5, 5.41) is -3.22. The summed E-state index contributed by atoms with van der Waals surface area (Å²) < 4.78 is 15.8. The molecule has 3 nitrogen and oxygen atoms in total. The molecule has 0 radical (unpaired) electrons. The number of rotatable bonds is 1. The summed E-state index contributed by atoms with van der Waals surface area (Å²) in [4.78, 5) is 4.42. The normalized spacial score (nSPS) is 13.9. The van der Waals surface area contributed by atoms with Crippen LogP contribution in [0.3, 0.4) is 0 Å². The minimum atomic E-state index is -3.22. The first kappa shape index (κ1) is 17.3. The van der Waals surface area contributed by atoms with Crippen molar-refractivity contribution in [2.75, 3.05) is 13.7 Å². The minimum absolute atomic E-state index is 0.892. The molecule has 0 saturated carbocycles. The van der Waals surface area contributed by atoms with Crippen molar-refractivity contribution in [3.63, 3.8) is 0 Å². The predicted octanol–water partition coefficient (Wildman–Crippen LogP) is 5.63. The van der Waals surface area contributed by atoms with Crippen LogP contribution in [0.2, 0.25) is 0 Å². The molecule has 1 heterocycles. The van der Waals surface area contributed by atoms with Crippen molar-refractivity contribution >= 4 is 60.6 Å². The van der Waals surface area contributed by atoms with Crippen LogP contribution in [0.1, 0.15) is 18.1 Å². The molecule has 0 bridgehead atoms. The Bertz CT molecular complexity index is 537. The molecule has 19 heavy (non-hydrogen) atoms. The first-order valence-electron chi connectivity index (χ1n) is 5.29. The molecule has 0 spiro atoms. The third-order valence-electron chi connectivity index (χ3n) is 2.50. The Morgan fingerprint density at radius 1 is 1.37 bits per heavy atom. The van der Waals surface area contributed by atoms with E-state index in [0.29, 0.717) is 0 Å². The Kier molecular flexibility index (Phi) is 6.68. The summed E-state index contributed by atoms with van der Waals surface area (Å²) in [7, 11) is 1.69. The molecule has 0 aliphatic carbocycles. The Morgan fingerprint density at radius 3 is 2.47 bits per heavy atom. The lowest BCUT2D eigenvalue weighted by Gasteiger charge is -2.16. The lowest BCUT2D eigenvalue weighted by atomic mass is 9.98. The molecule has 0 atom stereocenters. The summed E-state index contributed by atoms with van der Waals surface area (Å²) in [6.07, 6.45) is 1.01. The van der Waals surface area contributed by atoms with E-state index in [2.05, 4.69) is 73.7 Å². The predicted molar refractivity (Wildman–Crippen MR) is 86.6 cm³/mol. The zero-order chi connectivity index (χ0) is 14.6. The van der Waals surface area contributed by atoms with Crippen LogP contribution in [-0.4, -0.2) is 19.4 Å². The topological polar surface area (TPSA) is 38.7 Å². The highest BCUT2D eigenvalue weighted by Gasteiger charge is 2.13. The van der Waals surface area contributed by atoms with Crippen LogP contribution in [0.15, 0.2) is 21.6 Å². The van der Waals surface area contributed by atoms with Crippen LogP contribution < -0.4 is 4.74 Å². The fraction of sp³-hybridized carbons (Fsp3) is 0.364. The molecule has 8 heteroatoms. The summed E-state index contributed by atoms with van der Waals surface area (Å²) in [5.41, 5.74) is 3.69. The van der Waals surface area contributed by atoms with E-state index in [1.54, 1.807) is 7.11 Å². The summed E-state index contributed by atoms with van der Waals surface area (Å²) in [6, 6.07) is 4.18. The second kappa shape index (κ2) is 7.33. The molecule has 1 aromatic carbocycles. The number of nitrogens with zero attached hydrogens (tertiary/aromatic N) is 1. The van der Waals surface area contributed by atoms with Gasteiger partial charge >= 0.3 is 5.20 Å². The van der Waals surface area contributed by atoms with Crippen LogP contribution in [0.25, 0.3) is 0 Å². The molecule has 1 aliphatic heterocycles. The quantitative estimate of drug-likeness (QED) is 0.566. The third kappa shape index (κ3) is 6.05. The van der Waals surface area contributed by atoms with E-state index in [-0.39, 0.29) is 0 Å². The average molecular weight is 407 g/mol. The van der Waals surface area contributed by atoms with Crippen LogP contribution in [-0.2, 0) is 11.0 Å². The number of halogens is 4. The van der Waals surface area contributed by atoms with Gasteiger partial charge in [-0.25, -0.2) is 0 Å². The molecule has 0 fully saturated rings. The summed E-state index contributed by atoms with van der Waals surface area (Å²) in [5.74, 6) is 0.901. The van der Waals surface area contributed by atoms with E-state index in [0.717, 1.165) is 28.9 Å². The van der Waals surface area contributed by atoms with Crippen LogP contribution in [0, 0.1) is 0 Å². The SMILES string of the molecule is COc1cc2c(cc1Br)C(C)=NCC2.O=P(Cl)(Cl)Cl. The van der Waals surface area contributed by atoms with Crippen molar-refractivity contribution < 1.29 is 9.30 Å². The monoisotopic (exact) mass is 405 g/mol.